The molecule has 0 bridgehead atoms. The van der Waals surface area contributed by atoms with E-state index in [1.807, 2.05) is 6.92 Å². The van der Waals surface area contributed by atoms with E-state index in [0.29, 0.717) is 25.8 Å². The highest BCUT2D eigenvalue weighted by Gasteiger charge is 2.30. The summed E-state index contributed by atoms with van der Waals surface area (Å²) in [6.45, 7) is 2.78. The van der Waals surface area contributed by atoms with Crippen molar-refractivity contribution in [2.45, 2.75) is 45.1 Å². The third-order valence-electron chi connectivity index (χ3n) is 3.56. The molecule has 3 amide bonds. The number of carbonyl (C=O) groups excluding carboxylic acids is 2. The van der Waals surface area contributed by atoms with Crippen LogP contribution in [0.2, 0.25) is 0 Å². The number of nitrogens with zero attached hydrogens (tertiary/aromatic N) is 1. The molecule has 1 fully saturated rings. The predicted octanol–water partition coefficient (Wildman–Crippen LogP) is 0.537. The molecule has 0 aromatic carbocycles. The number of urea groups is 1. The van der Waals surface area contributed by atoms with Gasteiger partial charge in [0.25, 0.3) is 0 Å². The van der Waals surface area contributed by atoms with E-state index in [1.54, 1.807) is 0 Å². The highest BCUT2D eigenvalue weighted by Crippen LogP contribution is 2.17. The summed E-state index contributed by atoms with van der Waals surface area (Å²) >= 11 is 0. The number of carboxylic acid groups (broad SMARTS) is 1. The van der Waals surface area contributed by atoms with Gasteiger partial charge in [-0.1, -0.05) is 19.8 Å². The van der Waals surface area contributed by atoms with E-state index >= 15 is 0 Å². The number of nitrogens with two attached hydrogens (primary N) is 1. The molecular formula is C13H23N3O4. The van der Waals surface area contributed by atoms with E-state index in [4.69, 9.17) is 10.8 Å². The number of aliphatic carboxylic acids is 1. The Hall–Kier alpha value is -1.79. The average molecular weight is 285 g/mol. The molecule has 20 heavy (non-hydrogen) atoms. The predicted molar refractivity (Wildman–Crippen MR) is 73.0 cm³/mol. The van der Waals surface area contributed by atoms with Gasteiger partial charge in [-0.15, -0.1) is 0 Å². The van der Waals surface area contributed by atoms with Crippen LogP contribution in [0.15, 0.2) is 0 Å². The van der Waals surface area contributed by atoms with Crippen molar-refractivity contribution in [3.8, 4) is 0 Å². The van der Waals surface area contributed by atoms with Crippen LogP contribution in [0.25, 0.3) is 0 Å². The van der Waals surface area contributed by atoms with Crippen molar-refractivity contribution in [3.63, 3.8) is 0 Å². The number of amides is 3. The Morgan fingerprint density at radius 1 is 1.45 bits per heavy atom. The molecule has 1 unspecified atom stereocenters. The lowest BCUT2D eigenvalue weighted by molar-refractivity contribution is -0.143. The number of piperidine rings is 1. The van der Waals surface area contributed by atoms with Gasteiger partial charge in [-0.2, -0.15) is 0 Å². The first-order valence-corrected chi connectivity index (χ1v) is 7.03. The second kappa shape index (κ2) is 7.72. The number of hydrogen-bond acceptors (Lipinski definition) is 3. The quantitative estimate of drug-likeness (QED) is 0.661. The van der Waals surface area contributed by atoms with Gasteiger partial charge in [-0.3, -0.25) is 4.79 Å². The summed E-state index contributed by atoms with van der Waals surface area (Å²) in [4.78, 5) is 35.7. The molecular weight excluding hydrogens is 262 g/mol. The summed E-state index contributed by atoms with van der Waals surface area (Å²) < 4.78 is 0. The van der Waals surface area contributed by atoms with Crippen LogP contribution in [-0.2, 0) is 9.59 Å². The van der Waals surface area contributed by atoms with E-state index in [-0.39, 0.29) is 18.4 Å². The highest BCUT2D eigenvalue weighted by atomic mass is 16.4. The average Bonchev–Trinajstić information content (AvgIpc) is 2.42. The maximum Gasteiger partial charge on any atom is 0.326 e. The van der Waals surface area contributed by atoms with Crippen molar-refractivity contribution in [1.29, 1.82) is 0 Å². The Kier molecular flexibility index (Phi) is 6.27. The van der Waals surface area contributed by atoms with E-state index in [9.17, 15) is 14.4 Å². The second-order valence-electron chi connectivity index (χ2n) is 5.17. The van der Waals surface area contributed by atoms with E-state index in [1.165, 1.54) is 4.90 Å². The SMILES string of the molecule is CCCC[C@H](NC(=O)C1CCCN(C(N)=O)C1)C(=O)O. The second-order valence-corrected chi connectivity index (χ2v) is 5.17. The Balaban J connectivity index is 2.55. The highest BCUT2D eigenvalue weighted by molar-refractivity contribution is 5.85. The topological polar surface area (TPSA) is 113 Å². The van der Waals surface area contributed by atoms with E-state index < -0.39 is 18.0 Å². The fourth-order valence-electron chi connectivity index (χ4n) is 2.35. The van der Waals surface area contributed by atoms with Gasteiger partial charge in [0.05, 0.1) is 5.92 Å². The molecule has 0 saturated carbocycles. The summed E-state index contributed by atoms with van der Waals surface area (Å²) in [6, 6.07) is -1.39. The lowest BCUT2D eigenvalue weighted by atomic mass is 9.96. The van der Waals surface area contributed by atoms with E-state index in [0.717, 1.165) is 12.8 Å². The minimum atomic E-state index is -1.02. The number of likely N-dealkylation sites (tertiary alicyclic amines) is 1. The summed E-state index contributed by atoms with van der Waals surface area (Å²) in [5.74, 6) is -1.70. The van der Waals surface area contributed by atoms with Crippen LogP contribution >= 0.6 is 0 Å². The van der Waals surface area contributed by atoms with Gasteiger partial charge < -0.3 is 21.1 Å². The number of carbonyl (C=O) groups is 3. The minimum absolute atomic E-state index is 0.265. The lowest BCUT2D eigenvalue weighted by Gasteiger charge is -2.31. The largest absolute Gasteiger partial charge is 0.480 e. The lowest BCUT2D eigenvalue weighted by Crippen LogP contribution is -2.50. The van der Waals surface area contributed by atoms with Gasteiger partial charge in [-0.05, 0) is 19.3 Å². The summed E-state index contributed by atoms with van der Waals surface area (Å²) in [5.41, 5.74) is 5.21. The molecule has 1 rings (SSSR count). The molecule has 7 nitrogen and oxygen atoms in total. The van der Waals surface area contributed by atoms with Crippen LogP contribution in [0, 0.1) is 5.92 Å². The van der Waals surface area contributed by atoms with Crippen molar-refractivity contribution in [3.05, 3.63) is 0 Å². The molecule has 0 aromatic rings. The zero-order valence-corrected chi connectivity index (χ0v) is 11.8. The standard InChI is InChI=1S/C13H23N3O4/c1-2-3-6-10(12(18)19)15-11(17)9-5-4-7-16(8-9)13(14)20/h9-10H,2-8H2,1H3,(H2,14,20)(H,15,17)(H,18,19)/t9?,10-/m0/s1. The van der Waals surface area contributed by atoms with Crippen LogP contribution in [0.5, 0.6) is 0 Å². The Morgan fingerprint density at radius 2 is 2.15 bits per heavy atom. The molecule has 1 saturated heterocycles. The molecule has 1 aliphatic rings. The van der Waals surface area contributed by atoms with Crippen molar-refractivity contribution < 1.29 is 19.5 Å². The van der Waals surface area contributed by atoms with Crippen molar-refractivity contribution >= 4 is 17.9 Å². The zero-order chi connectivity index (χ0) is 15.1. The molecule has 1 aliphatic heterocycles. The third-order valence-corrected chi connectivity index (χ3v) is 3.56. The Labute approximate surface area is 118 Å². The van der Waals surface area contributed by atoms with Crippen LogP contribution in [0.4, 0.5) is 4.79 Å². The normalized spacial score (nSPS) is 20.2. The summed E-state index contributed by atoms with van der Waals surface area (Å²) in [6.07, 6.45) is 3.39. The molecule has 4 N–H and O–H groups in total. The van der Waals surface area contributed by atoms with Gasteiger partial charge in [0.2, 0.25) is 5.91 Å². The Morgan fingerprint density at radius 3 is 2.70 bits per heavy atom. The first kappa shape index (κ1) is 16.3. The monoisotopic (exact) mass is 285 g/mol. The molecule has 7 heteroatoms. The smallest absolute Gasteiger partial charge is 0.326 e. The van der Waals surface area contributed by atoms with Gasteiger partial charge in [0.15, 0.2) is 0 Å². The fourth-order valence-corrected chi connectivity index (χ4v) is 2.35. The summed E-state index contributed by atoms with van der Waals surface area (Å²) in [5, 5.41) is 11.7. The summed E-state index contributed by atoms with van der Waals surface area (Å²) in [7, 11) is 0. The number of nitrogens with one attached hydrogen (secondary N) is 1. The molecule has 1 heterocycles. The zero-order valence-electron chi connectivity index (χ0n) is 11.8. The minimum Gasteiger partial charge on any atom is -0.480 e. The fraction of sp³-hybridized carbons (Fsp3) is 0.769. The molecule has 0 radical (unpaired) electrons. The Bertz CT molecular complexity index is 373. The maximum atomic E-state index is 12.1. The van der Waals surface area contributed by atoms with Crippen LogP contribution < -0.4 is 11.1 Å². The van der Waals surface area contributed by atoms with Gasteiger partial charge >= 0.3 is 12.0 Å². The number of rotatable bonds is 6. The number of hydrogen-bond donors (Lipinski definition) is 3. The molecule has 0 aliphatic carbocycles. The first-order valence-electron chi connectivity index (χ1n) is 7.03. The number of primary amides is 1. The van der Waals surface area contributed by atoms with Crippen molar-refractivity contribution in [2.75, 3.05) is 13.1 Å². The van der Waals surface area contributed by atoms with Crippen LogP contribution in [-0.4, -0.2) is 47.0 Å². The molecule has 0 spiro atoms. The third kappa shape index (κ3) is 4.71. The first-order chi connectivity index (χ1) is 9.45. The number of carboxylic acids is 1. The van der Waals surface area contributed by atoms with Crippen molar-refractivity contribution in [1.82, 2.24) is 10.2 Å². The van der Waals surface area contributed by atoms with Gasteiger partial charge in [-0.25, -0.2) is 9.59 Å². The molecule has 114 valence electrons. The van der Waals surface area contributed by atoms with E-state index in [2.05, 4.69) is 5.32 Å². The van der Waals surface area contributed by atoms with Crippen LogP contribution in [0.1, 0.15) is 39.0 Å². The van der Waals surface area contributed by atoms with Gasteiger partial charge in [0, 0.05) is 13.1 Å². The van der Waals surface area contributed by atoms with Gasteiger partial charge in [0.1, 0.15) is 6.04 Å². The number of unbranched alkanes of at least 4 members (excludes halogenated alkanes) is 1. The molecule has 2 atom stereocenters. The molecule has 0 aromatic heterocycles. The maximum absolute atomic E-state index is 12.1. The van der Waals surface area contributed by atoms with Crippen LogP contribution in [0.3, 0.4) is 0 Å². The van der Waals surface area contributed by atoms with Crippen molar-refractivity contribution in [2.24, 2.45) is 11.7 Å².